The molecule has 184 valence electrons. The van der Waals surface area contributed by atoms with E-state index in [1.54, 1.807) is 56.7 Å². The molecule has 1 amide bonds. The van der Waals surface area contributed by atoms with Crippen molar-refractivity contribution in [1.82, 2.24) is 30.1 Å². The highest BCUT2D eigenvalue weighted by Crippen LogP contribution is 2.35. The molecule has 3 N–H and O–H groups in total. The molecule has 6 rings (SSSR count). The normalized spacial score (nSPS) is 11.6. The number of thiophene rings is 1. The number of amides is 1. The van der Waals surface area contributed by atoms with E-state index in [1.807, 2.05) is 0 Å². The maximum absolute atomic E-state index is 15.1. The number of benzene rings is 1. The molecule has 5 aromatic heterocycles. The average molecular weight is 516 g/mol. The fourth-order valence-corrected chi connectivity index (χ4v) is 4.83. The third kappa shape index (κ3) is 4.12. The van der Waals surface area contributed by atoms with Crippen molar-refractivity contribution in [3.05, 3.63) is 65.9 Å². The first-order chi connectivity index (χ1) is 17.9. The van der Waals surface area contributed by atoms with Gasteiger partial charge >= 0.3 is 0 Å². The molecule has 0 saturated carbocycles. The largest absolute Gasteiger partial charge is 0.335 e. The first-order valence-corrected chi connectivity index (χ1v) is 12.2. The summed E-state index contributed by atoms with van der Waals surface area (Å²) in [6, 6.07) is 9.81. The second kappa shape index (κ2) is 8.86. The maximum Gasteiger partial charge on any atom is 0.226 e. The van der Waals surface area contributed by atoms with Gasteiger partial charge in [-0.3, -0.25) is 14.9 Å². The van der Waals surface area contributed by atoms with Gasteiger partial charge in [-0.25, -0.2) is 14.4 Å². The van der Waals surface area contributed by atoms with Crippen molar-refractivity contribution in [2.24, 2.45) is 5.92 Å². The van der Waals surface area contributed by atoms with E-state index in [9.17, 15) is 9.18 Å². The van der Waals surface area contributed by atoms with Gasteiger partial charge in [-0.15, -0.1) is 11.3 Å². The van der Waals surface area contributed by atoms with Crippen LogP contribution < -0.4 is 5.32 Å². The lowest BCUT2D eigenvalue weighted by atomic mass is 10.0. The standard InChI is InChI=1S/C26H19F2N7OS/c1-12(2)26(36)31-15-7-14(10-29-11-15)13-8-17-21(18(27)9-13)34-35-23(17)25-32-22-16(5-6-30-24(22)33-25)19-3-4-20(28)37-19/h3-12H,1-2H3,(H,31,36)(H,34,35)(H,30,32,33). The summed E-state index contributed by atoms with van der Waals surface area (Å²) in [7, 11) is 0. The summed E-state index contributed by atoms with van der Waals surface area (Å²) in [4.78, 5) is 29.2. The number of hydrogen-bond donors (Lipinski definition) is 3. The number of carbonyl (C=O) groups is 1. The van der Waals surface area contributed by atoms with Gasteiger partial charge in [0, 0.05) is 39.7 Å². The molecular formula is C26H19F2N7OS. The van der Waals surface area contributed by atoms with Crippen LogP contribution in [0.25, 0.3) is 55.2 Å². The quantitative estimate of drug-likeness (QED) is 0.254. The summed E-state index contributed by atoms with van der Waals surface area (Å²) < 4.78 is 28.8. The summed E-state index contributed by atoms with van der Waals surface area (Å²) in [5.41, 5.74) is 4.19. The average Bonchev–Trinajstić information content (AvgIpc) is 3.61. The SMILES string of the molecule is CC(C)C(=O)Nc1cncc(-c2cc(F)c3n[nH]c(-c4nc5nccc(-c6ccc(F)s6)c5[nH]4)c3c2)c1. The number of H-pyrrole nitrogens is 2. The Bertz CT molecular complexity index is 1800. The Balaban J connectivity index is 1.44. The van der Waals surface area contributed by atoms with Crippen molar-refractivity contribution in [2.75, 3.05) is 5.32 Å². The van der Waals surface area contributed by atoms with Crippen molar-refractivity contribution in [1.29, 1.82) is 0 Å². The van der Waals surface area contributed by atoms with Gasteiger partial charge in [-0.1, -0.05) is 13.8 Å². The molecule has 0 spiro atoms. The van der Waals surface area contributed by atoms with E-state index >= 15 is 4.39 Å². The van der Waals surface area contributed by atoms with Gasteiger partial charge in [0.05, 0.1) is 17.4 Å². The van der Waals surface area contributed by atoms with Crippen molar-refractivity contribution < 1.29 is 13.6 Å². The predicted octanol–water partition coefficient (Wildman–Crippen LogP) is 6.16. The lowest BCUT2D eigenvalue weighted by Gasteiger charge is -2.09. The molecule has 1 aromatic carbocycles. The summed E-state index contributed by atoms with van der Waals surface area (Å²) in [6.07, 6.45) is 4.75. The van der Waals surface area contributed by atoms with E-state index in [-0.39, 0.29) is 22.5 Å². The highest BCUT2D eigenvalue weighted by molar-refractivity contribution is 7.14. The Labute approximate surface area is 212 Å². The Morgan fingerprint density at radius 1 is 1.08 bits per heavy atom. The molecule has 0 fully saturated rings. The minimum absolute atomic E-state index is 0.138. The number of hydrogen-bond acceptors (Lipinski definition) is 6. The second-order valence-electron chi connectivity index (χ2n) is 8.81. The molecule has 0 radical (unpaired) electrons. The molecule has 0 bridgehead atoms. The Morgan fingerprint density at radius 2 is 1.95 bits per heavy atom. The van der Waals surface area contributed by atoms with Crippen LogP contribution in [0.15, 0.2) is 55.0 Å². The minimum atomic E-state index is -0.518. The Kier molecular flexibility index (Phi) is 5.49. The summed E-state index contributed by atoms with van der Waals surface area (Å²) in [5.74, 6) is -0.429. The van der Waals surface area contributed by atoms with Crippen molar-refractivity contribution in [3.8, 4) is 33.1 Å². The van der Waals surface area contributed by atoms with Crippen LogP contribution in [0.4, 0.5) is 14.5 Å². The van der Waals surface area contributed by atoms with Crippen molar-refractivity contribution in [2.45, 2.75) is 13.8 Å². The number of fused-ring (bicyclic) bond motifs is 2. The molecule has 37 heavy (non-hydrogen) atoms. The highest BCUT2D eigenvalue weighted by Gasteiger charge is 2.19. The maximum atomic E-state index is 15.1. The van der Waals surface area contributed by atoms with Gasteiger partial charge in [0.25, 0.3) is 0 Å². The predicted molar refractivity (Wildman–Crippen MR) is 139 cm³/mol. The third-order valence-corrected chi connectivity index (χ3v) is 6.85. The monoisotopic (exact) mass is 515 g/mol. The van der Waals surface area contributed by atoms with Crippen LogP contribution in [0.1, 0.15) is 13.8 Å². The zero-order chi connectivity index (χ0) is 25.7. The molecule has 0 atom stereocenters. The molecular weight excluding hydrogens is 496 g/mol. The van der Waals surface area contributed by atoms with Gasteiger partial charge < -0.3 is 10.3 Å². The lowest BCUT2D eigenvalue weighted by Crippen LogP contribution is -2.17. The Hall–Kier alpha value is -4.51. The summed E-state index contributed by atoms with van der Waals surface area (Å²) >= 11 is 1.03. The van der Waals surface area contributed by atoms with Crippen molar-refractivity contribution >= 4 is 45.0 Å². The van der Waals surface area contributed by atoms with Crippen LogP contribution in [0.5, 0.6) is 0 Å². The fourth-order valence-electron chi connectivity index (χ4n) is 4.07. The number of aromatic amines is 2. The molecule has 0 aliphatic heterocycles. The van der Waals surface area contributed by atoms with E-state index in [4.69, 9.17) is 0 Å². The van der Waals surface area contributed by atoms with Gasteiger partial charge in [-0.05, 0) is 42.0 Å². The molecule has 11 heteroatoms. The van der Waals surface area contributed by atoms with Crippen LogP contribution in [0, 0.1) is 16.9 Å². The number of anilines is 1. The number of aromatic nitrogens is 6. The number of carbonyl (C=O) groups excluding carboxylic acids is 1. The Morgan fingerprint density at radius 3 is 2.73 bits per heavy atom. The van der Waals surface area contributed by atoms with E-state index in [2.05, 4.69) is 35.5 Å². The summed E-state index contributed by atoms with van der Waals surface area (Å²) in [6.45, 7) is 3.59. The molecule has 0 aliphatic carbocycles. The number of halogens is 2. The third-order valence-electron chi connectivity index (χ3n) is 5.94. The van der Waals surface area contributed by atoms with Crippen LogP contribution in [0.3, 0.4) is 0 Å². The number of nitrogens with zero attached hydrogens (tertiary/aromatic N) is 4. The van der Waals surface area contributed by atoms with E-state index < -0.39 is 5.82 Å². The zero-order valence-electron chi connectivity index (χ0n) is 19.6. The number of rotatable bonds is 5. The summed E-state index contributed by atoms with van der Waals surface area (Å²) in [5, 5.41) is 10.1. The number of pyridine rings is 2. The van der Waals surface area contributed by atoms with Crippen LogP contribution >= 0.6 is 11.3 Å². The molecule has 5 heterocycles. The van der Waals surface area contributed by atoms with Gasteiger partial charge in [0.1, 0.15) is 11.2 Å². The van der Waals surface area contributed by atoms with Crippen LogP contribution in [-0.4, -0.2) is 36.0 Å². The molecule has 0 unspecified atom stereocenters. The lowest BCUT2D eigenvalue weighted by molar-refractivity contribution is -0.118. The smallest absolute Gasteiger partial charge is 0.226 e. The van der Waals surface area contributed by atoms with E-state index in [0.717, 1.165) is 21.8 Å². The minimum Gasteiger partial charge on any atom is -0.335 e. The van der Waals surface area contributed by atoms with E-state index in [1.165, 1.54) is 12.1 Å². The van der Waals surface area contributed by atoms with Gasteiger partial charge in [-0.2, -0.15) is 9.49 Å². The van der Waals surface area contributed by atoms with Crippen LogP contribution in [-0.2, 0) is 4.79 Å². The fraction of sp³-hybridized carbons (Fsp3) is 0.115. The zero-order valence-corrected chi connectivity index (χ0v) is 20.5. The number of imidazole rings is 1. The topological polar surface area (TPSA) is 112 Å². The van der Waals surface area contributed by atoms with Gasteiger partial charge in [0.15, 0.2) is 22.4 Å². The molecule has 6 aromatic rings. The van der Waals surface area contributed by atoms with Gasteiger partial charge in [0.2, 0.25) is 5.91 Å². The first kappa shape index (κ1) is 22.9. The van der Waals surface area contributed by atoms with Crippen LogP contribution in [0.2, 0.25) is 0 Å². The molecule has 0 aliphatic rings. The second-order valence-corrected chi connectivity index (χ2v) is 9.84. The van der Waals surface area contributed by atoms with Crippen molar-refractivity contribution in [3.63, 3.8) is 0 Å². The number of nitrogens with one attached hydrogen (secondary N) is 3. The first-order valence-electron chi connectivity index (χ1n) is 11.4. The molecule has 0 saturated heterocycles. The van der Waals surface area contributed by atoms with E-state index in [0.29, 0.717) is 44.9 Å². The highest BCUT2D eigenvalue weighted by atomic mass is 32.1. The molecule has 8 nitrogen and oxygen atoms in total.